The van der Waals surface area contributed by atoms with E-state index in [1.807, 2.05) is 6.21 Å². The van der Waals surface area contributed by atoms with Crippen molar-refractivity contribution in [3.63, 3.8) is 0 Å². The average molecular weight is 359 g/mol. The normalized spacial score (nSPS) is 20.4. The number of rotatable bonds is 16. The first-order valence-corrected chi connectivity index (χ1v) is 11.3. The fourth-order valence-corrected chi connectivity index (χ4v) is 4.17. The van der Waals surface area contributed by atoms with Gasteiger partial charge < -0.3 is 0 Å². The predicted octanol–water partition coefficient (Wildman–Crippen LogP) is 6.42. The fraction of sp³-hybridized carbons (Fsp3) is 0.947. The van der Waals surface area contributed by atoms with Crippen LogP contribution in [0.15, 0.2) is 4.99 Å². The molecule has 4 heteroatoms. The maximum Gasteiger partial charge on any atom is 0.203 e. The van der Waals surface area contributed by atoms with Crippen LogP contribution in [0.1, 0.15) is 96.8 Å². The quantitative estimate of drug-likeness (QED) is 0.189. The van der Waals surface area contributed by atoms with E-state index in [2.05, 4.69) is 29.9 Å². The highest BCUT2D eigenvalue weighted by Gasteiger charge is 2.26. The van der Waals surface area contributed by atoms with E-state index in [1.165, 1.54) is 89.9 Å². The second kappa shape index (κ2) is 14.7. The van der Waals surface area contributed by atoms with Gasteiger partial charge in [0.2, 0.25) is 4.33 Å². The van der Waals surface area contributed by atoms with Crippen LogP contribution >= 0.6 is 24.4 Å². The Morgan fingerprint density at radius 1 is 0.870 bits per heavy atom. The second-order valence-corrected chi connectivity index (χ2v) is 8.92. The van der Waals surface area contributed by atoms with Crippen LogP contribution in [0.4, 0.5) is 0 Å². The number of nitrogens with zero attached hydrogens (tertiary/aromatic N) is 1. The van der Waals surface area contributed by atoms with Gasteiger partial charge in [-0.1, -0.05) is 102 Å². The molecular weight excluding hydrogens is 320 g/mol. The van der Waals surface area contributed by atoms with Gasteiger partial charge in [0, 0.05) is 12.0 Å². The third-order valence-electron chi connectivity index (χ3n) is 4.51. The van der Waals surface area contributed by atoms with Crippen molar-refractivity contribution in [2.45, 2.75) is 101 Å². The number of aliphatic imine (C=N–C) groups is 1. The molecule has 0 saturated heterocycles. The summed E-state index contributed by atoms with van der Waals surface area (Å²) in [6, 6.07) is 0. The highest BCUT2D eigenvalue weighted by atomic mass is 32.2. The summed E-state index contributed by atoms with van der Waals surface area (Å²) in [5, 5.41) is 3.43. The molecule has 1 atom stereocenters. The number of hydrogen-bond donors (Lipinski definition) is 2. The van der Waals surface area contributed by atoms with Crippen molar-refractivity contribution in [2.75, 3.05) is 12.3 Å². The van der Waals surface area contributed by atoms with Crippen molar-refractivity contribution >= 4 is 30.6 Å². The topological polar surface area (TPSA) is 24.4 Å². The lowest BCUT2D eigenvalue weighted by Crippen LogP contribution is -2.33. The standard InChI is InChI=1S/C19H38N2S2/c1-2-3-4-5-6-7-8-9-10-11-12-13-14-15-16-20-19(22)21-17-18-23-19/h17,20,22H,2-16,18H2,1H3. The Morgan fingerprint density at radius 2 is 1.35 bits per heavy atom. The summed E-state index contributed by atoms with van der Waals surface area (Å²) < 4.78 is -0.337. The molecule has 136 valence electrons. The number of thiol groups is 1. The molecule has 2 nitrogen and oxygen atoms in total. The molecule has 1 rings (SSSR count). The third-order valence-corrected chi connectivity index (χ3v) is 6.14. The van der Waals surface area contributed by atoms with Gasteiger partial charge in [0.15, 0.2) is 0 Å². The summed E-state index contributed by atoms with van der Waals surface area (Å²) in [5.41, 5.74) is 0. The summed E-state index contributed by atoms with van der Waals surface area (Å²) in [6.07, 6.45) is 21.7. The summed E-state index contributed by atoms with van der Waals surface area (Å²) >= 11 is 6.32. The molecule has 0 aromatic heterocycles. The SMILES string of the molecule is CCCCCCCCCCCCCCCCNC1(S)N=CCS1. The Labute approximate surface area is 154 Å². The Morgan fingerprint density at radius 3 is 1.78 bits per heavy atom. The highest BCUT2D eigenvalue weighted by Crippen LogP contribution is 2.31. The number of thioether (sulfide) groups is 1. The highest BCUT2D eigenvalue weighted by molar-refractivity contribution is 8.12. The Kier molecular flexibility index (Phi) is 13.6. The minimum Gasteiger partial charge on any atom is -0.276 e. The lowest BCUT2D eigenvalue weighted by molar-refractivity contribution is 0.526. The smallest absolute Gasteiger partial charge is 0.203 e. The van der Waals surface area contributed by atoms with Crippen LogP contribution in [0.5, 0.6) is 0 Å². The van der Waals surface area contributed by atoms with Crippen molar-refractivity contribution in [3.05, 3.63) is 0 Å². The number of hydrogen-bond acceptors (Lipinski definition) is 4. The number of unbranched alkanes of at least 4 members (excludes halogenated alkanes) is 13. The van der Waals surface area contributed by atoms with Crippen molar-refractivity contribution in [1.29, 1.82) is 0 Å². The molecule has 1 aliphatic rings. The molecule has 23 heavy (non-hydrogen) atoms. The maximum atomic E-state index is 4.56. The Balaban J connectivity index is 1.71. The molecule has 0 spiro atoms. The van der Waals surface area contributed by atoms with Gasteiger partial charge in [-0.05, 0) is 13.0 Å². The first-order valence-electron chi connectivity index (χ1n) is 9.92. The fourth-order valence-electron chi connectivity index (χ4n) is 3.02. The van der Waals surface area contributed by atoms with Gasteiger partial charge >= 0.3 is 0 Å². The minimum absolute atomic E-state index is 0.337. The van der Waals surface area contributed by atoms with Crippen LogP contribution in [0.25, 0.3) is 0 Å². The molecule has 0 amide bonds. The van der Waals surface area contributed by atoms with Gasteiger partial charge in [-0.25, -0.2) is 0 Å². The Hall–Kier alpha value is 0.330. The average Bonchev–Trinajstić information content (AvgIpc) is 2.98. The van der Waals surface area contributed by atoms with Crippen LogP contribution < -0.4 is 5.32 Å². The van der Waals surface area contributed by atoms with Crippen molar-refractivity contribution in [1.82, 2.24) is 5.32 Å². The first kappa shape index (κ1) is 21.4. The Bertz CT molecular complexity index is 297. The van der Waals surface area contributed by atoms with Crippen molar-refractivity contribution in [2.24, 2.45) is 4.99 Å². The van der Waals surface area contributed by atoms with E-state index in [4.69, 9.17) is 0 Å². The van der Waals surface area contributed by atoms with Gasteiger partial charge in [0.05, 0.1) is 0 Å². The van der Waals surface area contributed by atoms with Crippen LogP contribution in [0.3, 0.4) is 0 Å². The summed E-state index contributed by atoms with van der Waals surface area (Å²) in [5.74, 6) is 0.981. The van der Waals surface area contributed by atoms with E-state index >= 15 is 0 Å². The third kappa shape index (κ3) is 12.4. The van der Waals surface area contributed by atoms with Gasteiger partial charge in [-0.15, -0.1) is 12.6 Å². The zero-order valence-electron chi connectivity index (χ0n) is 15.2. The second-order valence-electron chi connectivity index (χ2n) is 6.75. The molecule has 1 aliphatic heterocycles. The molecule has 1 N–H and O–H groups in total. The van der Waals surface area contributed by atoms with Crippen molar-refractivity contribution < 1.29 is 0 Å². The van der Waals surface area contributed by atoms with E-state index in [-0.39, 0.29) is 4.33 Å². The van der Waals surface area contributed by atoms with Gasteiger partial charge in [-0.3, -0.25) is 10.3 Å². The van der Waals surface area contributed by atoms with E-state index in [9.17, 15) is 0 Å². The summed E-state index contributed by atoms with van der Waals surface area (Å²) in [4.78, 5) is 4.36. The molecule has 1 heterocycles. The predicted molar refractivity (Wildman–Crippen MR) is 111 cm³/mol. The maximum absolute atomic E-state index is 4.56. The lowest BCUT2D eigenvalue weighted by Gasteiger charge is -2.20. The molecule has 0 aromatic carbocycles. The minimum atomic E-state index is -0.337. The summed E-state index contributed by atoms with van der Waals surface area (Å²) in [7, 11) is 0. The van der Waals surface area contributed by atoms with E-state index in [0.717, 1.165) is 12.3 Å². The largest absolute Gasteiger partial charge is 0.276 e. The monoisotopic (exact) mass is 358 g/mol. The van der Waals surface area contributed by atoms with Gasteiger partial charge in [0.1, 0.15) is 0 Å². The van der Waals surface area contributed by atoms with Crippen LogP contribution in [0, 0.1) is 0 Å². The van der Waals surface area contributed by atoms with Crippen molar-refractivity contribution in [3.8, 4) is 0 Å². The van der Waals surface area contributed by atoms with Crippen LogP contribution in [-0.2, 0) is 0 Å². The summed E-state index contributed by atoms with van der Waals surface area (Å²) in [6.45, 7) is 3.32. The van der Waals surface area contributed by atoms with Gasteiger partial charge in [0.25, 0.3) is 0 Å². The molecular formula is C19H38N2S2. The zero-order chi connectivity index (χ0) is 16.6. The molecule has 1 unspecified atom stereocenters. The van der Waals surface area contributed by atoms with Crippen LogP contribution in [-0.4, -0.2) is 22.8 Å². The molecule has 0 fully saturated rings. The lowest BCUT2D eigenvalue weighted by atomic mass is 10.0. The molecule has 0 aliphatic carbocycles. The molecule has 0 radical (unpaired) electrons. The molecule has 0 bridgehead atoms. The number of nitrogens with one attached hydrogen (secondary N) is 1. The zero-order valence-corrected chi connectivity index (χ0v) is 16.9. The molecule has 0 saturated carbocycles. The van der Waals surface area contributed by atoms with Crippen LogP contribution in [0.2, 0.25) is 0 Å². The van der Waals surface area contributed by atoms with E-state index in [0.29, 0.717) is 0 Å². The van der Waals surface area contributed by atoms with E-state index in [1.54, 1.807) is 11.8 Å². The molecule has 0 aromatic rings. The first-order chi connectivity index (χ1) is 11.3. The van der Waals surface area contributed by atoms with E-state index < -0.39 is 0 Å². The van der Waals surface area contributed by atoms with Gasteiger partial charge in [-0.2, -0.15) is 0 Å².